The van der Waals surface area contributed by atoms with Gasteiger partial charge in [0.25, 0.3) is 0 Å². The van der Waals surface area contributed by atoms with Crippen LogP contribution in [0.4, 0.5) is 5.88 Å². The first-order valence-electron chi connectivity index (χ1n) is 5.16. The third-order valence-electron chi connectivity index (χ3n) is 2.78. The van der Waals surface area contributed by atoms with Crippen LogP contribution in [0.5, 0.6) is 0 Å². The van der Waals surface area contributed by atoms with Crippen LogP contribution in [0.1, 0.15) is 28.1 Å². The first-order valence-corrected chi connectivity index (χ1v) is 5.16. The zero-order chi connectivity index (χ0) is 13.4. The van der Waals surface area contributed by atoms with E-state index < -0.39 is 21.7 Å². The highest BCUT2D eigenvalue weighted by atomic mass is 16.7. The summed E-state index contributed by atoms with van der Waals surface area (Å²) in [6.07, 6.45) is 0.587. The first kappa shape index (κ1) is 12.0. The fourth-order valence-electron chi connectivity index (χ4n) is 1.97. The van der Waals surface area contributed by atoms with E-state index in [1.807, 2.05) is 0 Å². The molecule has 0 aromatic carbocycles. The number of rotatable bonds is 2. The molecule has 18 heavy (non-hydrogen) atoms. The average Bonchev–Trinajstić information content (AvgIpc) is 2.50. The molecule has 2 heterocycles. The molecule has 1 aliphatic heterocycles. The Morgan fingerprint density at radius 3 is 2.56 bits per heavy atom. The minimum atomic E-state index is -0.859. The van der Waals surface area contributed by atoms with Crippen molar-refractivity contribution in [1.82, 2.24) is 5.01 Å². The minimum Gasteiger partial charge on any atom is -0.405 e. The van der Waals surface area contributed by atoms with E-state index in [9.17, 15) is 25.0 Å². The molecule has 0 atom stereocenters. The number of aryl methyl sites for hydroxylation is 1. The summed E-state index contributed by atoms with van der Waals surface area (Å²) in [6, 6.07) is 0. The van der Waals surface area contributed by atoms with E-state index in [0.717, 1.165) is 0 Å². The Labute approximate surface area is 100 Å². The molecule has 1 amide bonds. The van der Waals surface area contributed by atoms with Gasteiger partial charge in [-0.15, -0.1) is 0 Å². The van der Waals surface area contributed by atoms with Crippen molar-refractivity contribution >= 4 is 11.8 Å². The van der Waals surface area contributed by atoms with Crippen LogP contribution in [0.3, 0.4) is 0 Å². The number of hydrazine groups is 1. The van der Waals surface area contributed by atoms with E-state index in [4.69, 9.17) is 4.42 Å². The lowest BCUT2D eigenvalue weighted by atomic mass is 10.1. The van der Waals surface area contributed by atoms with Crippen molar-refractivity contribution in [3.8, 4) is 0 Å². The quantitative estimate of drug-likeness (QED) is 0.575. The van der Waals surface area contributed by atoms with Gasteiger partial charge in [-0.1, -0.05) is 5.01 Å². The van der Waals surface area contributed by atoms with Crippen molar-refractivity contribution in [3.05, 3.63) is 37.1 Å². The van der Waals surface area contributed by atoms with Gasteiger partial charge in [0.2, 0.25) is 0 Å². The zero-order valence-corrected chi connectivity index (χ0v) is 9.41. The van der Waals surface area contributed by atoms with Crippen molar-refractivity contribution in [3.63, 3.8) is 0 Å². The second-order valence-electron chi connectivity index (χ2n) is 3.86. The van der Waals surface area contributed by atoms with Gasteiger partial charge in [0.15, 0.2) is 5.03 Å². The fourth-order valence-corrected chi connectivity index (χ4v) is 1.97. The molecule has 0 unspecified atom stereocenters. The summed E-state index contributed by atoms with van der Waals surface area (Å²) in [7, 11) is 0. The summed E-state index contributed by atoms with van der Waals surface area (Å²) < 4.78 is 5.01. The predicted octanol–water partition coefficient (Wildman–Crippen LogP) is 1.08. The van der Waals surface area contributed by atoms with Crippen molar-refractivity contribution in [2.75, 3.05) is 6.54 Å². The standard InChI is InChI=1S/C9H9N3O6/c1-5-7-6(18-9(5)11(14)15)3-2-4-10(8(7)13)12(16)17/h2-4H2,1H3. The van der Waals surface area contributed by atoms with Gasteiger partial charge in [-0.3, -0.25) is 14.9 Å². The summed E-state index contributed by atoms with van der Waals surface area (Å²) in [6.45, 7) is 1.31. The van der Waals surface area contributed by atoms with E-state index in [-0.39, 0.29) is 29.9 Å². The van der Waals surface area contributed by atoms with Crippen molar-refractivity contribution < 1.29 is 19.2 Å². The van der Waals surface area contributed by atoms with E-state index in [1.54, 1.807) is 0 Å². The predicted molar refractivity (Wildman–Crippen MR) is 56.5 cm³/mol. The number of hydrogen-bond acceptors (Lipinski definition) is 6. The lowest BCUT2D eigenvalue weighted by Crippen LogP contribution is -2.36. The molecule has 0 N–H and O–H groups in total. The van der Waals surface area contributed by atoms with Crippen molar-refractivity contribution in [1.29, 1.82) is 0 Å². The molecule has 9 nitrogen and oxygen atoms in total. The van der Waals surface area contributed by atoms with Gasteiger partial charge in [-0.2, -0.15) is 0 Å². The molecule has 0 saturated carbocycles. The molecule has 96 valence electrons. The Kier molecular flexibility index (Phi) is 2.73. The average molecular weight is 255 g/mol. The summed E-state index contributed by atoms with van der Waals surface area (Å²) in [5, 5.41) is 21.1. The Morgan fingerprint density at radius 1 is 1.33 bits per heavy atom. The summed E-state index contributed by atoms with van der Waals surface area (Å²) in [5.74, 6) is -1.24. The molecule has 1 aliphatic rings. The smallest absolute Gasteiger partial charge is 0.405 e. The Bertz CT molecular complexity index is 549. The van der Waals surface area contributed by atoms with Crippen LogP contribution < -0.4 is 0 Å². The van der Waals surface area contributed by atoms with Gasteiger partial charge in [0.1, 0.15) is 10.7 Å². The van der Waals surface area contributed by atoms with Crippen LogP contribution in [0, 0.1) is 27.2 Å². The number of carbonyl (C=O) groups is 1. The molecule has 0 spiro atoms. The van der Waals surface area contributed by atoms with Gasteiger partial charge in [0.05, 0.1) is 17.7 Å². The first-order chi connectivity index (χ1) is 8.43. The van der Waals surface area contributed by atoms with Crippen LogP contribution in [-0.4, -0.2) is 27.4 Å². The van der Waals surface area contributed by atoms with Gasteiger partial charge in [0, 0.05) is 6.42 Å². The lowest BCUT2D eigenvalue weighted by molar-refractivity contribution is -0.631. The molecule has 0 radical (unpaired) electrons. The fraction of sp³-hybridized carbons (Fsp3) is 0.444. The Morgan fingerprint density at radius 2 is 2.00 bits per heavy atom. The van der Waals surface area contributed by atoms with Gasteiger partial charge in [-0.25, -0.2) is 10.1 Å². The molecule has 1 aromatic heterocycles. The van der Waals surface area contributed by atoms with Crippen LogP contribution in [0.2, 0.25) is 0 Å². The largest absolute Gasteiger partial charge is 0.436 e. The maximum atomic E-state index is 11.9. The maximum absolute atomic E-state index is 11.9. The highest BCUT2D eigenvalue weighted by molar-refractivity contribution is 5.97. The number of nitro groups is 2. The van der Waals surface area contributed by atoms with Crippen molar-refractivity contribution in [2.45, 2.75) is 19.8 Å². The Hall–Kier alpha value is -2.45. The number of amides is 1. The summed E-state index contributed by atoms with van der Waals surface area (Å²) >= 11 is 0. The van der Waals surface area contributed by atoms with Crippen LogP contribution >= 0.6 is 0 Å². The molecule has 9 heteroatoms. The summed E-state index contributed by atoms with van der Waals surface area (Å²) in [4.78, 5) is 32.6. The highest BCUT2D eigenvalue weighted by Crippen LogP contribution is 2.31. The molecule has 0 bridgehead atoms. The van der Waals surface area contributed by atoms with E-state index in [0.29, 0.717) is 11.4 Å². The van der Waals surface area contributed by atoms with E-state index in [2.05, 4.69) is 0 Å². The SMILES string of the molecule is Cc1c([N+](=O)[O-])oc2c1C(=O)N([N+](=O)[O-])CCC2. The molecule has 0 saturated heterocycles. The van der Waals surface area contributed by atoms with Crippen LogP contribution in [0.15, 0.2) is 4.42 Å². The van der Waals surface area contributed by atoms with Crippen LogP contribution in [-0.2, 0) is 6.42 Å². The molecule has 1 aromatic rings. The van der Waals surface area contributed by atoms with Gasteiger partial charge in [-0.05, 0) is 13.3 Å². The second kappa shape index (κ2) is 4.09. The highest BCUT2D eigenvalue weighted by Gasteiger charge is 2.37. The lowest BCUT2D eigenvalue weighted by Gasteiger charge is -2.08. The summed E-state index contributed by atoms with van der Waals surface area (Å²) in [5.41, 5.74) is -0.0235. The monoisotopic (exact) mass is 255 g/mol. The molecular formula is C9H9N3O6. The molecule has 0 aliphatic carbocycles. The van der Waals surface area contributed by atoms with E-state index in [1.165, 1.54) is 6.92 Å². The minimum absolute atomic E-state index is 0.0359. The third-order valence-corrected chi connectivity index (χ3v) is 2.78. The third kappa shape index (κ3) is 1.69. The van der Waals surface area contributed by atoms with Crippen molar-refractivity contribution in [2.24, 2.45) is 0 Å². The van der Waals surface area contributed by atoms with Crippen LogP contribution in [0.25, 0.3) is 0 Å². The van der Waals surface area contributed by atoms with E-state index >= 15 is 0 Å². The van der Waals surface area contributed by atoms with Gasteiger partial charge >= 0.3 is 11.8 Å². The second-order valence-corrected chi connectivity index (χ2v) is 3.86. The normalized spacial score (nSPS) is 15.2. The number of fused-ring (bicyclic) bond motifs is 1. The molecule has 0 fully saturated rings. The number of carbonyl (C=O) groups excluding carboxylic acids is 1. The Balaban J connectivity index is 2.55. The number of hydrogen-bond donors (Lipinski definition) is 0. The van der Waals surface area contributed by atoms with Gasteiger partial charge < -0.3 is 4.42 Å². The molecular weight excluding hydrogens is 246 g/mol. The maximum Gasteiger partial charge on any atom is 0.436 e. The topological polar surface area (TPSA) is 120 Å². The number of furan rings is 1. The molecule has 2 rings (SSSR count). The number of nitrogens with zero attached hydrogens (tertiary/aromatic N) is 3. The zero-order valence-electron chi connectivity index (χ0n) is 9.41.